The van der Waals surface area contributed by atoms with Gasteiger partial charge in [0.15, 0.2) is 0 Å². The van der Waals surface area contributed by atoms with Gasteiger partial charge in [0.05, 0.1) is 17.6 Å². The Hall–Kier alpha value is -1.48. The van der Waals surface area contributed by atoms with Gasteiger partial charge in [-0.2, -0.15) is 12.6 Å². The Balaban J connectivity index is 1.74. The Labute approximate surface area is 132 Å². The summed E-state index contributed by atoms with van der Waals surface area (Å²) in [5, 5.41) is 3.70. The zero-order valence-corrected chi connectivity index (χ0v) is 13.3. The zero-order valence-electron chi connectivity index (χ0n) is 12.4. The monoisotopic (exact) mass is 298 g/mol. The van der Waals surface area contributed by atoms with E-state index in [1.54, 1.807) is 0 Å². The van der Waals surface area contributed by atoms with Crippen LogP contribution < -0.4 is 5.32 Å². The molecule has 1 aromatic carbocycles. The first-order valence-corrected chi connectivity index (χ1v) is 8.20. The van der Waals surface area contributed by atoms with E-state index in [1.807, 2.05) is 13.2 Å². The van der Waals surface area contributed by atoms with Gasteiger partial charge in [0.25, 0.3) is 0 Å². The Kier molecular flexibility index (Phi) is 4.49. The first kappa shape index (κ1) is 14.5. The van der Waals surface area contributed by atoms with Crippen LogP contribution in [0.2, 0.25) is 0 Å². The molecule has 1 aliphatic rings. The summed E-state index contributed by atoms with van der Waals surface area (Å²) in [6.07, 6.45) is 6.88. The average Bonchev–Trinajstić information content (AvgIpc) is 2.56. The van der Waals surface area contributed by atoms with Gasteiger partial charge in [-0.1, -0.05) is 24.3 Å². The van der Waals surface area contributed by atoms with Gasteiger partial charge >= 0.3 is 0 Å². The maximum absolute atomic E-state index is 4.58. The predicted octanol–water partition coefficient (Wildman–Crippen LogP) is 4.75. The lowest BCUT2D eigenvalue weighted by molar-refractivity contribution is 0.455. The van der Waals surface area contributed by atoms with Crippen molar-refractivity contribution in [2.24, 2.45) is 0 Å². The van der Waals surface area contributed by atoms with Gasteiger partial charge in [-0.15, -0.1) is 0 Å². The molecule has 3 rings (SSSR count). The summed E-state index contributed by atoms with van der Waals surface area (Å²) >= 11 is 4.58. The van der Waals surface area contributed by atoms with Crippen LogP contribution >= 0.6 is 12.6 Å². The van der Waals surface area contributed by atoms with Gasteiger partial charge in [-0.3, -0.25) is 4.98 Å². The van der Waals surface area contributed by atoms with Crippen LogP contribution in [0.5, 0.6) is 0 Å². The fourth-order valence-electron chi connectivity index (χ4n) is 3.05. The molecule has 1 N–H and O–H groups in total. The number of nitrogens with one attached hydrogen (secondary N) is 1. The number of anilines is 1. The van der Waals surface area contributed by atoms with E-state index in [9.17, 15) is 0 Å². The van der Waals surface area contributed by atoms with Crippen LogP contribution in [0.15, 0.2) is 42.6 Å². The number of hydrogen-bond donors (Lipinski definition) is 2. The third-order valence-electron chi connectivity index (χ3n) is 4.43. The SMILES string of the molecule is CNc1ccc(-c2ccc(C3CCC(S)CC3)cc2)nc1. The Morgan fingerprint density at radius 3 is 2.29 bits per heavy atom. The minimum atomic E-state index is 0.607. The molecular weight excluding hydrogens is 276 g/mol. The second kappa shape index (κ2) is 6.52. The van der Waals surface area contributed by atoms with E-state index < -0.39 is 0 Å². The van der Waals surface area contributed by atoms with E-state index in [-0.39, 0.29) is 0 Å². The van der Waals surface area contributed by atoms with Crippen molar-refractivity contribution in [2.75, 3.05) is 12.4 Å². The number of hydrogen-bond acceptors (Lipinski definition) is 3. The van der Waals surface area contributed by atoms with Crippen molar-refractivity contribution in [2.45, 2.75) is 36.9 Å². The van der Waals surface area contributed by atoms with E-state index in [4.69, 9.17) is 0 Å². The van der Waals surface area contributed by atoms with E-state index in [0.29, 0.717) is 11.2 Å². The molecule has 2 nitrogen and oxygen atoms in total. The van der Waals surface area contributed by atoms with Crippen molar-refractivity contribution in [3.8, 4) is 11.3 Å². The van der Waals surface area contributed by atoms with Gasteiger partial charge in [0.2, 0.25) is 0 Å². The molecule has 0 radical (unpaired) electrons. The lowest BCUT2D eigenvalue weighted by atomic mass is 9.83. The molecule has 1 heterocycles. The number of nitrogens with zero attached hydrogens (tertiary/aromatic N) is 1. The molecule has 0 unspecified atom stereocenters. The van der Waals surface area contributed by atoms with Gasteiger partial charge in [-0.25, -0.2) is 0 Å². The minimum absolute atomic E-state index is 0.607. The maximum atomic E-state index is 4.58. The van der Waals surface area contributed by atoms with Crippen LogP contribution in [-0.4, -0.2) is 17.3 Å². The van der Waals surface area contributed by atoms with E-state index >= 15 is 0 Å². The molecule has 0 amide bonds. The van der Waals surface area contributed by atoms with Crippen molar-refractivity contribution >= 4 is 18.3 Å². The maximum Gasteiger partial charge on any atom is 0.0703 e. The molecule has 3 heteroatoms. The molecule has 110 valence electrons. The van der Waals surface area contributed by atoms with Gasteiger partial charge < -0.3 is 5.32 Å². The molecule has 0 bridgehead atoms. The minimum Gasteiger partial charge on any atom is -0.387 e. The standard InChI is InChI=1S/C18H22N2S/c1-19-16-8-11-18(20-12-16)15-4-2-13(3-5-15)14-6-9-17(21)10-7-14/h2-5,8,11-12,14,17,19,21H,6-7,9-10H2,1H3. The summed E-state index contributed by atoms with van der Waals surface area (Å²) in [7, 11) is 1.91. The van der Waals surface area contributed by atoms with Gasteiger partial charge in [-0.05, 0) is 49.3 Å². The van der Waals surface area contributed by atoms with Crippen molar-refractivity contribution in [1.29, 1.82) is 0 Å². The lowest BCUT2D eigenvalue weighted by Gasteiger charge is -2.26. The largest absolute Gasteiger partial charge is 0.387 e. The summed E-state index contributed by atoms with van der Waals surface area (Å²) < 4.78 is 0. The molecule has 1 aliphatic carbocycles. The van der Waals surface area contributed by atoms with Crippen LogP contribution in [0.1, 0.15) is 37.2 Å². The molecule has 2 aromatic rings. The fraction of sp³-hybridized carbons (Fsp3) is 0.389. The van der Waals surface area contributed by atoms with Crippen molar-refractivity contribution in [1.82, 2.24) is 4.98 Å². The van der Waals surface area contributed by atoms with Crippen molar-refractivity contribution in [3.05, 3.63) is 48.2 Å². The highest BCUT2D eigenvalue weighted by Crippen LogP contribution is 2.35. The number of rotatable bonds is 3. The van der Waals surface area contributed by atoms with E-state index in [1.165, 1.54) is 36.8 Å². The fourth-order valence-corrected chi connectivity index (χ4v) is 3.35. The Morgan fingerprint density at radius 2 is 1.71 bits per heavy atom. The highest BCUT2D eigenvalue weighted by Gasteiger charge is 2.20. The highest BCUT2D eigenvalue weighted by atomic mass is 32.1. The lowest BCUT2D eigenvalue weighted by Crippen LogP contribution is -2.12. The van der Waals surface area contributed by atoms with Crippen LogP contribution in [0, 0.1) is 0 Å². The normalized spacial score (nSPS) is 22.0. The number of pyridine rings is 1. The Bertz CT molecular complexity index is 569. The second-order valence-electron chi connectivity index (χ2n) is 5.81. The van der Waals surface area contributed by atoms with Crippen LogP contribution in [0.3, 0.4) is 0 Å². The molecule has 0 spiro atoms. The number of thiol groups is 1. The molecule has 1 fully saturated rings. The first-order valence-electron chi connectivity index (χ1n) is 7.68. The van der Waals surface area contributed by atoms with Crippen molar-refractivity contribution in [3.63, 3.8) is 0 Å². The topological polar surface area (TPSA) is 24.9 Å². The molecule has 0 atom stereocenters. The molecule has 21 heavy (non-hydrogen) atoms. The smallest absolute Gasteiger partial charge is 0.0703 e. The molecule has 0 saturated heterocycles. The summed E-state index contributed by atoms with van der Waals surface area (Å²) in [5.41, 5.74) is 4.72. The Morgan fingerprint density at radius 1 is 1.00 bits per heavy atom. The second-order valence-corrected chi connectivity index (χ2v) is 6.54. The summed E-state index contributed by atoms with van der Waals surface area (Å²) in [5.74, 6) is 0.710. The third-order valence-corrected chi connectivity index (χ3v) is 4.94. The predicted molar refractivity (Wildman–Crippen MR) is 93.2 cm³/mol. The molecule has 1 saturated carbocycles. The summed E-state index contributed by atoms with van der Waals surface area (Å²) in [4.78, 5) is 4.50. The first-order chi connectivity index (χ1) is 10.3. The highest BCUT2D eigenvalue weighted by molar-refractivity contribution is 7.80. The third kappa shape index (κ3) is 3.41. The molecule has 0 aliphatic heterocycles. The van der Waals surface area contributed by atoms with Crippen molar-refractivity contribution < 1.29 is 0 Å². The van der Waals surface area contributed by atoms with E-state index in [0.717, 1.165) is 11.4 Å². The van der Waals surface area contributed by atoms with Gasteiger partial charge in [0, 0.05) is 17.9 Å². The quantitative estimate of drug-likeness (QED) is 0.800. The molecular formula is C18H22N2S. The molecule has 1 aromatic heterocycles. The summed E-state index contributed by atoms with van der Waals surface area (Å²) in [6.45, 7) is 0. The van der Waals surface area contributed by atoms with E-state index in [2.05, 4.69) is 59.3 Å². The number of aromatic nitrogens is 1. The average molecular weight is 298 g/mol. The van der Waals surface area contributed by atoms with Crippen LogP contribution in [0.4, 0.5) is 5.69 Å². The number of benzene rings is 1. The summed E-state index contributed by atoms with van der Waals surface area (Å²) in [6, 6.07) is 13.1. The van der Waals surface area contributed by atoms with Crippen LogP contribution in [0.25, 0.3) is 11.3 Å². The van der Waals surface area contributed by atoms with Gasteiger partial charge in [0.1, 0.15) is 0 Å². The van der Waals surface area contributed by atoms with Crippen LogP contribution in [-0.2, 0) is 0 Å². The zero-order chi connectivity index (χ0) is 14.7.